The first-order chi connectivity index (χ1) is 6.77. The number of aliphatic hydroxyl groups excluding tert-OH is 1. The summed E-state index contributed by atoms with van der Waals surface area (Å²) in [6.07, 6.45) is 1.14. The van der Waals surface area contributed by atoms with Crippen molar-refractivity contribution in [1.82, 2.24) is 4.90 Å². The molecule has 0 aliphatic heterocycles. The molecule has 0 saturated heterocycles. The van der Waals surface area contributed by atoms with Crippen molar-refractivity contribution in [2.24, 2.45) is 0 Å². The summed E-state index contributed by atoms with van der Waals surface area (Å²) in [4.78, 5) is 3.73. The third-order valence-corrected chi connectivity index (χ3v) is 3.30. The molecule has 14 heavy (non-hydrogen) atoms. The first kappa shape index (κ1) is 11.7. The topological polar surface area (TPSA) is 23.5 Å². The highest BCUT2D eigenvalue weighted by Gasteiger charge is 2.06. The predicted molar refractivity (Wildman–Crippen MR) is 61.7 cm³/mol. The van der Waals surface area contributed by atoms with Crippen LogP contribution in [0, 0.1) is 6.92 Å². The SMILES string of the molecule is CCCN(CCO)Cc1sccc1C. The largest absolute Gasteiger partial charge is 0.395 e. The van der Waals surface area contributed by atoms with Gasteiger partial charge in [0.1, 0.15) is 0 Å². The Morgan fingerprint density at radius 3 is 2.71 bits per heavy atom. The van der Waals surface area contributed by atoms with Crippen molar-refractivity contribution in [3.63, 3.8) is 0 Å². The van der Waals surface area contributed by atoms with Crippen LogP contribution in [0.5, 0.6) is 0 Å². The second kappa shape index (κ2) is 6.17. The average Bonchev–Trinajstić information content (AvgIpc) is 2.53. The van der Waals surface area contributed by atoms with Crippen LogP contribution < -0.4 is 0 Å². The summed E-state index contributed by atoms with van der Waals surface area (Å²) in [5.41, 5.74) is 1.37. The second-order valence-corrected chi connectivity index (χ2v) is 4.53. The zero-order valence-corrected chi connectivity index (χ0v) is 9.81. The monoisotopic (exact) mass is 213 g/mol. The van der Waals surface area contributed by atoms with Crippen LogP contribution in [0.3, 0.4) is 0 Å². The maximum atomic E-state index is 8.92. The molecule has 80 valence electrons. The zero-order chi connectivity index (χ0) is 10.4. The Bertz CT molecular complexity index is 254. The molecule has 0 aliphatic rings. The van der Waals surface area contributed by atoms with E-state index in [1.807, 2.05) is 0 Å². The number of thiophene rings is 1. The van der Waals surface area contributed by atoms with Crippen molar-refractivity contribution in [2.75, 3.05) is 19.7 Å². The molecular weight excluding hydrogens is 194 g/mol. The molecule has 0 unspecified atom stereocenters. The molecule has 1 rings (SSSR count). The van der Waals surface area contributed by atoms with Gasteiger partial charge in [0.05, 0.1) is 6.61 Å². The number of hydrogen-bond donors (Lipinski definition) is 1. The minimum Gasteiger partial charge on any atom is -0.395 e. The van der Waals surface area contributed by atoms with Crippen LogP contribution >= 0.6 is 11.3 Å². The van der Waals surface area contributed by atoms with Gasteiger partial charge in [-0.15, -0.1) is 11.3 Å². The Balaban J connectivity index is 2.50. The highest BCUT2D eigenvalue weighted by molar-refractivity contribution is 7.10. The van der Waals surface area contributed by atoms with Gasteiger partial charge < -0.3 is 5.11 Å². The van der Waals surface area contributed by atoms with Crippen LogP contribution in [0.4, 0.5) is 0 Å². The molecule has 1 heterocycles. The molecule has 1 aromatic heterocycles. The van der Waals surface area contributed by atoms with E-state index >= 15 is 0 Å². The molecular formula is C11H19NOS. The average molecular weight is 213 g/mol. The summed E-state index contributed by atoms with van der Waals surface area (Å²) in [6, 6.07) is 2.16. The van der Waals surface area contributed by atoms with Crippen LogP contribution in [0.15, 0.2) is 11.4 Å². The van der Waals surface area contributed by atoms with Gasteiger partial charge in [0.25, 0.3) is 0 Å². The lowest BCUT2D eigenvalue weighted by Gasteiger charge is -2.19. The van der Waals surface area contributed by atoms with Gasteiger partial charge in [-0.1, -0.05) is 6.92 Å². The summed E-state index contributed by atoms with van der Waals surface area (Å²) in [7, 11) is 0. The molecule has 1 N–H and O–H groups in total. The van der Waals surface area contributed by atoms with E-state index in [2.05, 4.69) is 30.2 Å². The lowest BCUT2D eigenvalue weighted by atomic mass is 10.2. The quantitative estimate of drug-likeness (QED) is 0.783. The van der Waals surface area contributed by atoms with Crippen molar-refractivity contribution >= 4 is 11.3 Å². The van der Waals surface area contributed by atoms with Gasteiger partial charge >= 0.3 is 0 Å². The van der Waals surface area contributed by atoms with Crippen molar-refractivity contribution in [1.29, 1.82) is 0 Å². The van der Waals surface area contributed by atoms with Gasteiger partial charge in [-0.25, -0.2) is 0 Å². The highest BCUT2D eigenvalue weighted by atomic mass is 32.1. The summed E-state index contributed by atoms with van der Waals surface area (Å²) in [5, 5.41) is 11.1. The molecule has 1 aromatic rings. The third kappa shape index (κ3) is 3.40. The fourth-order valence-electron chi connectivity index (χ4n) is 1.50. The maximum Gasteiger partial charge on any atom is 0.0558 e. The standard InChI is InChI=1S/C11H19NOS/c1-3-5-12(6-7-13)9-11-10(2)4-8-14-11/h4,8,13H,3,5-7,9H2,1-2H3. The smallest absolute Gasteiger partial charge is 0.0558 e. The van der Waals surface area contributed by atoms with E-state index in [-0.39, 0.29) is 6.61 Å². The van der Waals surface area contributed by atoms with E-state index in [0.29, 0.717) is 0 Å². The van der Waals surface area contributed by atoms with Crippen molar-refractivity contribution in [2.45, 2.75) is 26.8 Å². The van der Waals surface area contributed by atoms with Crippen LogP contribution in [-0.4, -0.2) is 29.7 Å². The Kier molecular flexibility index (Phi) is 5.15. The van der Waals surface area contributed by atoms with Crippen LogP contribution in [0.25, 0.3) is 0 Å². The second-order valence-electron chi connectivity index (χ2n) is 3.53. The van der Waals surface area contributed by atoms with Crippen molar-refractivity contribution < 1.29 is 5.11 Å². The van der Waals surface area contributed by atoms with Crippen LogP contribution in [0.1, 0.15) is 23.8 Å². The molecule has 0 spiro atoms. The molecule has 0 saturated carbocycles. The minimum absolute atomic E-state index is 0.254. The van der Waals surface area contributed by atoms with Gasteiger partial charge in [-0.2, -0.15) is 0 Å². The minimum atomic E-state index is 0.254. The van der Waals surface area contributed by atoms with Gasteiger partial charge in [-0.3, -0.25) is 4.90 Å². The van der Waals surface area contributed by atoms with Gasteiger partial charge in [-0.05, 0) is 36.9 Å². The van der Waals surface area contributed by atoms with Crippen LogP contribution in [0.2, 0.25) is 0 Å². The fraction of sp³-hybridized carbons (Fsp3) is 0.636. The van der Waals surface area contributed by atoms with E-state index in [9.17, 15) is 0 Å². The zero-order valence-electron chi connectivity index (χ0n) is 8.99. The Labute approximate surface area is 90.2 Å². The molecule has 0 fully saturated rings. The summed E-state index contributed by atoms with van der Waals surface area (Å²) < 4.78 is 0. The van der Waals surface area contributed by atoms with Crippen LogP contribution in [-0.2, 0) is 6.54 Å². The van der Waals surface area contributed by atoms with Gasteiger partial charge in [0, 0.05) is 18.0 Å². The fourth-order valence-corrected chi connectivity index (χ4v) is 2.44. The lowest BCUT2D eigenvalue weighted by molar-refractivity contribution is 0.191. The van der Waals surface area contributed by atoms with Crippen molar-refractivity contribution in [3.05, 3.63) is 21.9 Å². The summed E-state index contributed by atoms with van der Waals surface area (Å²) in [5.74, 6) is 0. The number of nitrogens with zero attached hydrogens (tertiary/aromatic N) is 1. The number of aryl methyl sites for hydroxylation is 1. The van der Waals surface area contributed by atoms with Gasteiger partial charge in [0.2, 0.25) is 0 Å². The van der Waals surface area contributed by atoms with E-state index < -0.39 is 0 Å². The van der Waals surface area contributed by atoms with Crippen molar-refractivity contribution in [3.8, 4) is 0 Å². The number of hydrogen-bond acceptors (Lipinski definition) is 3. The molecule has 0 aliphatic carbocycles. The number of aliphatic hydroxyl groups is 1. The normalized spacial score (nSPS) is 11.1. The number of rotatable bonds is 6. The Hall–Kier alpha value is -0.380. The van der Waals surface area contributed by atoms with Gasteiger partial charge in [0.15, 0.2) is 0 Å². The molecule has 0 radical (unpaired) electrons. The first-order valence-corrected chi connectivity index (χ1v) is 6.02. The highest BCUT2D eigenvalue weighted by Crippen LogP contribution is 2.17. The summed E-state index contributed by atoms with van der Waals surface area (Å²) in [6.45, 7) is 7.41. The third-order valence-electron chi connectivity index (χ3n) is 2.29. The molecule has 0 aromatic carbocycles. The molecule has 0 bridgehead atoms. The molecule has 3 heteroatoms. The Morgan fingerprint density at radius 1 is 1.43 bits per heavy atom. The Morgan fingerprint density at radius 2 is 2.21 bits per heavy atom. The van der Waals surface area contributed by atoms with E-state index in [0.717, 1.165) is 26.1 Å². The molecule has 2 nitrogen and oxygen atoms in total. The van der Waals surface area contributed by atoms with E-state index in [4.69, 9.17) is 5.11 Å². The predicted octanol–water partition coefficient (Wildman–Crippen LogP) is 2.26. The maximum absolute atomic E-state index is 8.92. The summed E-state index contributed by atoms with van der Waals surface area (Å²) >= 11 is 1.81. The van der Waals surface area contributed by atoms with E-state index in [1.165, 1.54) is 10.4 Å². The lowest BCUT2D eigenvalue weighted by Crippen LogP contribution is -2.27. The first-order valence-electron chi connectivity index (χ1n) is 5.14. The van der Waals surface area contributed by atoms with E-state index in [1.54, 1.807) is 11.3 Å². The molecule has 0 amide bonds. The molecule has 0 atom stereocenters.